The van der Waals surface area contributed by atoms with Crippen molar-refractivity contribution in [3.63, 3.8) is 0 Å². The van der Waals surface area contributed by atoms with Crippen LogP contribution in [0.5, 0.6) is 11.5 Å². The predicted molar refractivity (Wildman–Crippen MR) is 116 cm³/mol. The third-order valence-corrected chi connectivity index (χ3v) is 4.28. The van der Waals surface area contributed by atoms with Gasteiger partial charge in [0.1, 0.15) is 0 Å². The van der Waals surface area contributed by atoms with Crippen LogP contribution >= 0.6 is 0 Å². The van der Waals surface area contributed by atoms with E-state index in [1.165, 1.54) is 6.92 Å². The van der Waals surface area contributed by atoms with Crippen LogP contribution in [0.15, 0.2) is 36.4 Å². The van der Waals surface area contributed by atoms with Crippen molar-refractivity contribution < 1.29 is 28.6 Å². The molecular weight excluding hydrogens is 402 g/mol. The van der Waals surface area contributed by atoms with Gasteiger partial charge in [0, 0.05) is 23.0 Å². The van der Waals surface area contributed by atoms with Gasteiger partial charge in [-0.3, -0.25) is 14.9 Å². The number of carbonyl (C=O) groups excluding carboxylic acids is 3. The molecule has 3 rings (SSSR count). The summed E-state index contributed by atoms with van der Waals surface area (Å²) in [5.41, 5.74) is 1.86. The lowest BCUT2D eigenvalue weighted by Gasteiger charge is -2.13. The van der Waals surface area contributed by atoms with E-state index in [1.807, 2.05) is 13.8 Å². The van der Waals surface area contributed by atoms with E-state index in [9.17, 15) is 14.4 Å². The van der Waals surface area contributed by atoms with Gasteiger partial charge in [-0.15, -0.1) is 0 Å². The highest BCUT2D eigenvalue weighted by Crippen LogP contribution is 2.37. The molecule has 1 aliphatic heterocycles. The minimum atomic E-state index is -0.539. The van der Waals surface area contributed by atoms with Gasteiger partial charge in [-0.1, -0.05) is 19.9 Å². The van der Waals surface area contributed by atoms with Gasteiger partial charge in [0.25, 0.3) is 0 Å². The van der Waals surface area contributed by atoms with E-state index in [0.717, 1.165) is 0 Å². The molecule has 3 N–H and O–H groups in total. The number of anilines is 3. The molecule has 0 bridgehead atoms. The first kappa shape index (κ1) is 21.9. The second-order valence-corrected chi connectivity index (χ2v) is 7.41. The highest BCUT2D eigenvalue weighted by atomic mass is 16.7. The minimum Gasteiger partial charge on any atom is -0.454 e. The maximum atomic E-state index is 12.4. The lowest BCUT2D eigenvalue weighted by Crippen LogP contribution is -2.23. The normalized spacial score (nSPS) is 11.7. The van der Waals surface area contributed by atoms with E-state index in [1.54, 1.807) is 36.4 Å². The van der Waals surface area contributed by atoms with Crippen LogP contribution in [0.4, 0.5) is 21.9 Å². The van der Waals surface area contributed by atoms with Crippen LogP contribution in [-0.4, -0.2) is 37.7 Å². The summed E-state index contributed by atoms with van der Waals surface area (Å²) in [5, 5.41) is 8.35. The number of benzene rings is 2. The molecule has 0 saturated heterocycles. The van der Waals surface area contributed by atoms with Crippen molar-refractivity contribution in [2.75, 3.05) is 35.9 Å². The molecule has 1 heterocycles. The fourth-order valence-electron chi connectivity index (χ4n) is 2.82. The number of ketones is 1. The van der Waals surface area contributed by atoms with Crippen molar-refractivity contribution >= 4 is 34.8 Å². The second-order valence-electron chi connectivity index (χ2n) is 7.41. The van der Waals surface area contributed by atoms with Gasteiger partial charge < -0.3 is 24.8 Å². The third kappa shape index (κ3) is 6.11. The van der Waals surface area contributed by atoms with E-state index in [2.05, 4.69) is 16.0 Å². The fourth-order valence-corrected chi connectivity index (χ4v) is 2.82. The first-order valence-electron chi connectivity index (χ1n) is 9.84. The molecule has 0 atom stereocenters. The summed E-state index contributed by atoms with van der Waals surface area (Å²) in [6.07, 6.45) is -0.539. The SMILES string of the molecule is CC(=O)c1cc2c(cc1NC(=O)CNc1cccc(NC(=O)OCC(C)C)c1)OCO2. The van der Waals surface area contributed by atoms with Gasteiger partial charge >= 0.3 is 6.09 Å². The Morgan fingerprint density at radius 2 is 1.74 bits per heavy atom. The molecule has 2 amide bonds. The number of carbonyl (C=O) groups is 3. The first-order valence-corrected chi connectivity index (χ1v) is 9.84. The van der Waals surface area contributed by atoms with E-state index < -0.39 is 6.09 Å². The monoisotopic (exact) mass is 427 g/mol. The summed E-state index contributed by atoms with van der Waals surface area (Å²) >= 11 is 0. The molecule has 1 aliphatic rings. The molecule has 2 aromatic carbocycles. The summed E-state index contributed by atoms with van der Waals surface area (Å²) in [7, 11) is 0. The Labute approximate surface area is 180 Å². The zero-order valence-electron chi connectivity index (χ0n) is 17.6. The number of rotatable bonds is 8. The summed E-state index contributed by atoms with van der Waals surface area (Å²) in [4.78, 5) is 36.2. The molecule has 0 saturated carbocycles. The average Bonchev–Trinajstić information content (AvgIpc) is 3.18. The Kier molecular flexibility index (Phi) is 6.96. The zero-order chi connectivity index (χ0) is 22.4. The number of hydrogen-bond acceptors (Lipinski definition) is 7. The van der Waals surface area contributed by atoms with Crippen molar-refractivity contribution in [3.8, 4) is 11.5 Å². The van der Waals surface area contributed by atoms with Crippen molar-refractivity contribution in [1.29, 1.82) is 0 Å². The molecular formula is C22H25N3O6. The Bertz CT molecular complexity index is 989. The topological polar surface area (TPSA) is 115 Å². The van der Waals surface area contributed by atoms with E-state index in [-0.39, 0.29) is 30.9 Å². The highest BCUT2D eigenvalue weighted by Gasteiger charge is 2.20. The number of hydrogen-bond donors (Lipinski definition) is 3. The molecule has 0 aliphatic carbocycles. The number of Topliss-reactive ketones (excluding diaryl/α,β-unsaturated/α-hetero) is 1. The summed E-state index contributed by atoms with van der Waals surface area (Å²) in [6.45, 7) is 5.66. The molecule has 31 heavy (non-hydrogen) atoms. The third-order valence-electron chi connectivity index (χ3n) is 4.28. The lowest BCUT2D eigenvalue weighted by molar-refractivity contribution is -0.114. The van der Waals surface area contributed by atoms with Crippen LogP contribution in [-0.2, 0) is 9.53 Å². The fraction of sp³-hybridized carbons (Fsp3) is 0.318. The van der Waals surface area contributed by atoms with Gasteiger partial charge in [0.05, 0.1) is 18.8 Å². The van der Waals surface area contributed by atoms with Crippen molar-refractivity contribution in [2.45, 2.75) is 20.8 Å². The predicted octanol–water partition coefficient (Wildman–Crippen LogP) is 3.87. The molecule has 0 aromatic heterocycles. The van der Waals surface area contributed by atoms with E-state index in [4.69, 9.17) is 14.2 Å². The highest BCUT2D eigenvalue weighted by molar-refractivity contribution is 6.05. The van der Waals surface area contributed by atoms with E-state index in [0.29, 0.717) is 40.7 Å². The molecule has 0 fully saturated rings. The quantitative estimate of drug-likeness (QED) is 0.548. The molecule has 0 unspecified atom stereocenters. The molecule has 164 valence electrons. The summed E-state index contributed by atoms with van der Waals surface area (Å²) in [5.74, 6) is 0.625. The van der Waals surface area contributed by atoms with Crippen LogP contribution in [0.3, 0.4) is 0 Å². The number of amides is 2. The van der Waals surface area contributed by atoms with Crippen molar-refractivity contribution in [3.05, 3.63) is 42.0 Å². The van der Waals surface area contributed by atoms with Gasteiger partial charge in [0.15, 0.2) is 17.3 Å². The average molecular weight is 427 g/mol. The summed E-state index contributed by atoms with van der Waals surface area (Å²) in [6, 6.07) is 10.0. The van der Waals surface area contributed by atoms with Gasteiger partial charge in [-0.05, 0) is 37.1 Å². The molecule has 9 nitrogen and oxygen atoms in total. The van der Waals surface area contributed by atoms with Crippen LogP contribution in [0.2, 0.25) is 0 Å². The zero-order valence-corrected chi connectivity index (χ0v) is 17.6. The number of ether oxygens (including phenoxy) is 3. The molecule has 0 radical (unpaired) electrons. The van der Waals surface area contributed by atoms with Gasteiger partial charge in [0.2, 0.25) is 12.7 Å². The second kappa shape index (κ2) is 9.84. The molecule has 2 aromatic rings. The van der Waals surface area contributed by atoms with Gasteiger partial charge in [-0.25, -0.2) is 4.79 Å². The van der Waals surface area contributed by atoms with E-state index >= 15 is 0 Å². The van der Waals surface area contributed by atoms with Gasteiger partial charge in [-0.2, -0.15) is 0 Å². The van der Waals surface area contributed by atoms with Crippen LogP contribution in [0.25, 0.3) is 0 Å². The lowest BCUT2D eigenvalue weighted by atomic mass is 10.1. The molecule has 0 spiro atoms. The Balaban J connectivity index is 1.58. The molecule has 9 heteroatoms. The largest absolute Gasteiger partial charge is 0.454 e. The smallest absolute Gasteiger partial charge is 0.411 e. The number of nitrogens with one attached hydrogen (secondary N) is 3. The summed E-state index contributed by atoms with van der Waals surface area (Å²) < 4.78 is 15.7. The van der Waals surface area contributed by atoms with Crippen molar-refractivity contribution in [2.24, 2.45) is 5.92 Å². The maximum absolute atomic E-state index is 12.4. The minimum absolute atomic E-state index is 0.0486. The Hall–Kier alpha value is -3.75. The maximum Gasteiger partial charge on any atom is 0.411 e. The number of fused-ring (bicyclic) bond motifs is 1. The Morgan fingerprint density at radius 3 is 2.45 bits per heavy atom. The Morgan fingerprint density at radius 1 is 1.03 bits per heavy atom. The first-order chi connectivity index (χ1) is 14.8. The van der Waals surface area contributed by atoms with Crippen LogP contribution in [0.1, 0.15) is 31.1 Å². The standard InChI is InChI=1S/C22H25N3O6/c1-13(2)11-29-22(28)24-16-6-4-5-15(7-16)23-10-21(27)25-18-9-20-19(30-12-31-20)8-17(18)14(3)26/h4-9,13,23H,10-12H2,1-3H3,(H,24,28)(H,25,27). The van der Waals surface area contributed by atoms with Crippen LogP contribution < -0.4 is 25.4 Å². The van der Waals surface area contributed by atoms with Crippen molar-refractivity contribution in [1.82, 2.24) is 0 Å². The van der Waals surface area contributed by atoms with Crippen LogP contribution in [0, 0.1) is 5.92 Å².